The molecule has 0 spiro atoms. The summed E-state index contributed by atoms with van der Waals surface area (Å²) in [6.07, 6.45) is -1.50. The summed E-state index contributed by atoms with van der Waals surface area (Å²) in [6.45, 7) is -0.426. The third kappa shape index (κ3) is 4.49. The lowest BCUT2D eigenvalue weighted by atomic mass is 10.00. The van der Waals surface area contributed by atoms with E-state index in [1.54, 1.807) is 18.2 Å². The van der Waals surface area contributed by atoms with Crippen molar-refractivity contribution >= 4 is 17.5 Å². The zero-order chi connectivity index (χ0) is 15.2. The van der Waals surface area contributed by atoms with Gasteiger partial charge >= 0.3 is 0 Å². The van der Waals surface area contributed by atoms with Crippen molar-refractivity contribution < 1.29 is 23.1 Å². The number of nitrogens with one attached hydrogen (secondary N) is 2. The maximum Gasteiger partial charge on any atom is 0.261 e. The van der Waals surface area contributed by atoms with Crippen molar-refractivity contribution in [3.63, 3.8) is 0 Å². The van der Waals surface area contributed by atoms with E-state index in [0.29, 0.717) is 18.4 Å². The van der Waals surface area contributed by atoms with Gasteiger partial charge < -0.3 is 15.4 Å². The fraction of sp³-hybridized carbons (Fsp3) is 0.429. The van der Waals surface area contributed by atoms with Crippen LogP contribution in [0.1, 0.15) is 22.3 Å². The number of anilines is 1. The van der Waals surface area contributed by atoms with Crippen LogP contribution in [0, 0.1) is 0 Å². The number of fused-ring (bicyclic) bond motifs is 1. The van der Waals surface area contributed by atoms with Gasteiger partial charge in [-0.1, -0.05) is 0 Å². The Morgan fingerprint density at radius 1 is 1.38 bits per heavy atom. The minimum Gasteiger partial charge on any atom is -0.374 e. The predicted octanol–water partition coefficient (Wildman–Crippen LogP) is 1.58. The van der Waals surface area contributed by atoms with Crippen LogP contribution < -0.4 is 10.6 Å². The smallest absolute Gasteiger partial charge is 0.261 e. The molecule has 21 heavy (non-hydrogen) atoms. The molecule has 0 atom stereocenters. The van der Waals surface area contributed by atoms with E-state index in [0.717, 1.165) is 11.3 Å². The van der Waals surface area contributed by atoms with E-state index in [4.69, 9.17) is 0 Å². The van der Waals surface area contributed by atoms with E-state index in [1.165, 1.54) is 0 Å². The highest BCUT2D eigenvalue weighted by molar-refractivity contribution is 5.97. The Balaban J connectivity index is 1.84. The molecule has 0 aromatic heterocycles. The van der Waals surface area contributed by atoms with E-state index in [1.807, 2.05) is 0 Å². The number of benzene rings is 1. The molecule has 0 bridgehead atoms. The maximum absolute atomic E-state index is 11.9. The topological polar surface area (TPSA) is 67.4 Å². The van der Waals surface area contributed by atoms with Crippen molar-refractivity contribution in [2.24, 2.45) is 0 Å². The van der Waals surface area contributed by atoms with Crippen molar-refractivity contribution in [2.45, 2.75) is 19.3 Å². The Morgan fingerprint density at radius 2 is 2.19 bits per heavy atom. The second-order valence-electron chi connectivity index (χ2n) is 4.64. The summed E-state index contributed by atoms with van der Waals surface area (Å²) >= 11 is 0. The van der Waals surface area contributed by atoms with Crippen LogP contribution >= 0.6 is 0 Å². The summed E-state index contributed by atoms with van der Waals surface area (Å²) in [5, 5.41) is 5.33. The minimum absolute atomic E-state index is 0.0316. The summed E-state index contributed by atoms with van der Waals surface area (Å²) in [5.74, 6) is -0.328. The van der Waals surface area contributed by atoms with E-state index in [9.17, 15) is 18.4 Å². The molecule has 7 heteroatoms. The quantitative estimate of drug-likeness (QED) is 0.784. The van der Waals surface area contributed by atoms with E-state index in [-0.39, 0.29) is 25.0 Å². The Hall–Kier alpha value is -2.02. The Labute approximate surface area is 120 Å². The van der Waals surface area contributed by atoms with Gasteiger partial charge in [-0.05, 0) is 30.2 Å². The molecule has 0 saturated heterocycles. The van der Waals surface area contributed by atoms with Crippen LogP contribution in [-0.4, -0.2) is 38.0 Å². The zero-order valence-electron chi connectivity index (χ0n) is 11.3. The highest BCUT2D eigenvalue weighted by Gasteiger charge is 2.16. The number of carbonyl (C=O) groups is 2. The number of carbonyl (C=O) groups excluding carboxylic acids is 2. The van der Waals surface area contributed by atoms with Gasteiger partial charge in [0.15, 0.2) is 0 Å². The number of halogens is 2. The predicted molar refractivity (Wildman–Crippen MR) is 72.5 cm³/mol. The first kappa shape index (κ1) is 15.4. The SMILES string of the molecule is O=C1CCc2cc(C(=O)NCCOCC(F)F)ccc2N1. The van der Waals surface area contributed by atoms with Gasteiger partial charge in [0.1, 0.15) is 6.61 Å². The Bertz CT molecular complexity index is 535. The lowest BCUT2D eigenvalue weighted by Crippen LogP contribution is -2.28. The second kappa shape index (κ2) is 7.12. The van der Waals surface area contributed by atoms with Crippen LogP contribution in [0.5, 0.6) is 0 Å². The van der Waals surface area contributed by atoms with Gasteiger partial charge in [0, 0.05) is 24.2 Å². The Morgan fingerprint density at radius 3 is 2.95 bits per heavy atom. The van der Waals surface area contributed by atoms with Gasteiger partial charge in [0.05, 0.1) is 6.61 Å². The molecule has 0 aliphatic carbocycles. The Kier molecular flexibility index (Phi) is 5.21. The zero-order valence-corrected chi connectivity index (χ0v) is 11.3. The van der Waals surface area contributed by atoms with E-state index in [2.05, 4.69) is 15.4 Å². The molecular weight excluding hydrogens is 282 g/mol. The first-order valence-corrected chi connectivity index (χ1v) is 6.63. The molecule has 5 nitrogen and oxygen atoms in total. The summed E-state index contributed by atoms with van der Waals surface area (Å²) in [5.41, 5.74) is 2.11. The van der Waals surface area contributed by atoms with Crippen molar-refractivity contribution in [3.05, 3.63) is 29.3 Å². The molecule has 114 valence electrons. The van der Waals surface area contributed by atoms with Gasteiger partial charge in [0.25, 0.3) is 12.3 Å². The second-order valence-corrected chi connectivity index (χ2v) is 4.64. The maximum atomic E-state index is 11.9. The minimum atomic E-state index is -2.50. The van der Waals surface area contributed by atoms with E-state index < -0.39 is 13.0 Å². The number of hydrogen-bond donors (Lipinski definition) is 2. The summed E-state index contributed by atoms with van der Waals surface area (Å²) in [7, 11) is 0. The molecule has 2 rings (SSSR count). The third-order valence-corrected chi connectivity index (χ3v) is 3.04. The highest BCUT2D eigenvalue weighted by Crippen LogP contribution is 2.23. The summed E-state index contributed by atoms with van der Waals surface area (Å²) in [4.78, 5) is 23.1. The van der Waals surface area contributed by atoms with Crippen LogP contribution in [0.2, 0.25) is 0 Å². The number of alkyl halides is 2. The average Bonchev–Trinajstić information content (AvgIpc) is 2.45. The molecule has 2 N–H and O–H groups in total. The molecule has 0 fully saturated rings. The average molecular weight is 298 g/mol. The van der Waals surface area contributed by atoms with Gasteiger partial charge in [0.2, 0.25) is 5.91 Å². The number of aryl methyl sites for hydroxylation is 1. The van der Waals surface area contributed by atoms with Crippen LogP contribution in [0.4, 0.5) is 14.5 Å². The fourth-order valence-electron chi connectivity index (χ4n) is 2.04. The lowest BCUT2D eigenvalue weighted by molar-refractivity contribution is -0.116. The van der Waals surface area contributed by atoms with Crippen molar-refractivity contribution in [3.8, 4) is 0 Å². The van der Waals surface area contributed by atoms with Crippen LogP contribution in [0.15, 0.2) is 18.2 Å². The first-order valence-electron chi connectivity index (χ1n) is 6.63. The molecule has 1 aromatic carbocycles. The highest BCUT2D eigenvalue weighted by atomic mass is 19.3. The van der Waals surface area contributed by atoms with Crippen molar-refractivity contribution in [1.29, 1.82) is 0 Å². The molecule has 1 aliphatic heterocycles. The van der Waals surface area contributed by atoms with Crippen LogP contribution in [0.3, 0.4) is 0 Å². The summed E-state index contributed by atoms with van der Waals surface area (Å²) < 4.78 is 28.3. The molecular formula is C14H16F2N2O3. The normalized spacial score (nSPS) is 13.8. The van der Waals surface area contributed by atoms with Crippen molar-refractivity contribution in [1.82, 2.24) is 5.32 Å². The van der Waals surface area contributed by atoms with Gasteiger partial charge in [-0.25, -0.2) is 8.78 Å². The molecule has 1 heterocycles. The van der Waals surface area contributed by atoms with Gasteiger partial charge in [-0.15, -0.1) is 0 Å². The van der Waals surface area contributed by atoms with Crippen LogP contribution in [-0.2, 0) is 16.0 Å². The van der Waals surface area contributed by atoms with Crippen molar-refractivity contribution in [2.75, 3.05) is 25.1 Å². The number of ether oxygens (including phenoxy) is 1. The number of rotatable bonds is 6. The molecule has 0 unspecified atom stereocenters. The molecule has 1 aliphatic rings. The molecule has 0 radical (unpaired) electrons. The van der Waals surface area contributed by atoms with Gasteiger partial charge in [-0.3, -0.25) is 9.59 Å². The summed E-state index contributed by atoms with van der Waals surface area (Å²) in [6, 6.07) is 5.03. The largest absolute Gasteiger partial charge is 0.374 e. The molecule has 1 aromatic rings. The fourth-order valence-corrected chi connectivity index (χ4v) is 2.04. The van der Waals surface area contributed by atoms with Crippen LogP contribution in [0.25, 0.3) is 0 Å². The third-order valence-electron chi connectivity index (χ3n) is 3.04. The lowest BCUT2D eigenvalue weighted by Gasteiger charge is -2.17. The monoisotopic (exact) mass is 298 g/mol. The standard InChI is InChI=1S/C14H16F2N2O3/c15-12(16)8-21-6-5-17-14(20)10-1-3-11-9(7-10)2-4-13(19)18-11/h1,3,7,12H,2,4-6,8H2,(H,17,20)(H,18,19). The van der Waals surface area contributed by atoms with E-state index >= 15 is 0 Å². The first-order chi connectivity index (χ1) is 10.1. The number of amides is 2. The number of hydrogen-bond acceptors (Lipinski definition) is 3. The molecule has 0 saturated carbocycles. The van der Waals surface area contributed by atoms with Gasteiger partial charge in [-0.2, -0.15) is 0 Å². The molecule has 2 amide bonds.